The van der Waals surface area contributed by atoms with E-state index in [2.05, 4.69) is 5.32 Å². The zero-order valence-corrected chi connectivity index (χ0v) is 7.05. The first-order valence-electron chi connectivity index (χ1n) is 5.18. The van der Waals surface area contributed by atoms with E-state index in [1.165, 1.54) is 25.8 Å². The molecule has 3 aliphatic rings. The maximum atomic E-state index is 3.65. The molecular weight excluding hydrogens is 134 g/mol. The Bertz CT molecular complexity index is 148. The molecule has 0 spiro atoms. The summed E-state index contributed by atoms with van der Waals surface area (Å²) in [6, 6.07) is 0.935. The molecule has 1 saturated heterocycles. The Hall–Kier alpha value is -0.0400. The predicted octanol–water partition coefficient (Wildman–Crippen LogP) is 1.78. The lowest BCUT2D eigenvalue weighted by atomic mass is 9.90. The summed E-state index contributed by atoms with van der Waals surface area (Å²) in [5.41, 5.74) is 0. The molecule has 0 aromatic heterocycles. The summed E-state index contributed by atoms with van der Waals surface area (Å²) in [5.74, 6) is 3.34. The van der Waals surface area contributed by atoms with Gasteiger partial charge in [-0.2, -0.15) is 0 Å². The van der Waals surface area contributed by atoms with Crippen molar-refractivity contribution in [3.05, 3.63) is 0 Å². The molecule has 1 heteroatoms. The van der Waals surface area contributed by atoms with E-state index in [4.69, 9.17) is 0 Å². The third kappa shape index (κ3) is 0.807. The molecule has 3 rings (SSSR count). The molecule has 1 heterocycles. The van der Waals surface area contributed by atoms with Crippen LogP contribution in [0.1, 0.15) is 32.1 Å². The van der Waals surface area contributed by atoms with Gasteiger partial charge in [-0.25, -0.2) is 0 Å². The first-order valence-corrected chi connectivity index (χ1v) is 5.18. The Balaban J connectivity index is 1.84. The fraction of sp³-hybridized carbons (Fsp3) is 1.00. The van der Waals surface area contributed by atoms with Crippen molar-refractivity contribution in [2.45, 2.75) is 38.1 Å². The quantitative estimate of drug-likeness (QED) is 0.556. The number of nitrogens with one attached hydrogen (secondary N) is 1. The van der Waals surface area contributed by atoms with E-state index < -0.39 is 0 Å². The molecular formula is C10H17N. The summed E-state index contributed by atoms with van der Waals surface area (Å²) in [5, 5.41) is 3.65. The molecule has 4 unspecified atom stereocenters. The van der Waals surface area contributed by atoms with Gasteiger partial charge in [-0.15, -0.1) is 0 Å². The molecule has 1 N–H and O–H groups in total. The highest BCUT2D eigenvalue weighted by molar-refractivity contribution is 5.00. The van der Waals surface area contributed by atoms with Gasteiger partial charge in [0.05, 0.1) is 0 Å². The number of hydrogen-bond donors (Lipinski definition) is 1. The van der Waals surface area contributed by atoms with Gasteiger partial charge in [0.25, 0.3) is 0 Å². The van der Waals surface area contributed by atoms with Gasteiger partial charge in [0.2, 0.25) is 0 Å². The second-order valence-corrected chi connectivity index (χ2v) is 4.60. The topological polar surface area (TPSA) is 12.0 Å². The van der Waals surface area contributed by atoms with Crippen LogP contribution >= 0.6 is 0 Å². The van der Waals surface area contributed by atoms with Gasteiger partial charge >= 0.3 is 0 Å². The van der Waals surface area contributed by atoms with Gasteiger partial charge < -0.3 is 5.32 Å². The molecule has 1 nitrogen and oxygen atoms in total. The van der Waals surface area contributed by atoms with E-state index >= 15 is 0 Å². The standard InChI is InChI=1S/C10H17N/c1-2-7-6-10-9(4-5-11-10)8(7)3-1/h7-11H,1-6H2. The van der Waals surface area contributed by atoms with Crippen molar-refractivity contribution in [2.24, 2.45) is 17.8 Å². The highest BCUT2D eigenvalue weighted by atomic mass is 15.0. The summed E-state index contributed by atoms with van der Waals surface area (Å²) in [6.45, 7) is 1.30. The largest absolute Gasteiger partial charge is 0.314 e. The lowest BCUT2D eigenvalue weighted by Crippen LogP contribution is -2.23. The van der Waals surface area contributed by atoms with Crippen LogP contribution in [0.25, 0.3) is 0 Å². The van der Waals surface area contributed by atoms with E-state index in [0.29, 0.717) is 0 Å². The molecule has 0 aromatic carbocycles. The van der Waals surface area contributed by atoms with E-state index in [1.807, 2.05) is 0 Å². The Morgan fingerprint density at radius 2 is 2.00 bits per heavy atom. The first-order chi connectivity index (χ1) is 5.45. The average Bonchev–Trinajstić information content (AvgIpc) is 2.52. The highest BCUT2D eigenvalue weighted by Gasteiger charge is 2.46. The molecule has 0 bridgehead atoms. The molecule has 0 amide bonds. The van der Waals surface area contributed by atoms with Gasteiger partial charge in [-0.3, -0.25) is 0 Å². The number of rotatable bonds is 0. The third-order valence-corrected chi connectivity index (χ3v) is 4.23. The van der Waals surface area contributed by atoms with Crippen LogP contribution in [0.2, 0.25) is 0 Å². The zero-order chi connectivity index (χ0) is 7.26. The zero-order valence-electron chi connectivity index (χ0n) is 7.05. The minimum Gasteiger partial charge on any atom is -0.314 e. The van der Waals surface area contributed by atoms with Crippen LogP contribution in [0.4, 0.5) is 0 Å². The molecule has 2 saturated carbocycles. The second-order valence-electron chi connectivity index (χ2n) is 4.60. The van der Waals surface area contributed by atoms with E-state index in [-0.39, 0.29) is 0 Å². The smallest absolute Gasteiger partial charge is 0.0101 e. The highest BCUT2D eigenvalue weighted by Crippen LogP contribution is 2.50. The fourth-order valence-electron chi connectivity index (χ4n) is 3.81. The summed E-state index contributed by atoms with van der Waals surface area (Å²) in [6.07, 6.45) is 7.60. The van der Waals surface area contributed by atoms with Crippen molar-refractivity contribution in [1.82, 2.24) is 5.32 Å². The average molecular weight is 151 g/mol. The Labute approximate surface area is 68.6 Å². The minimum absolute atomic E-state index is 0.935. The maximum absolute atomic E-state index is 3.65. The molecule has 11 heavy (non-hydrogen) atoms. The van der Waals surface area contributed by atoms with Gasteiger partial charge in [-0.05, 0) is 43.6 Å². The van der Waals surface area contributed by atoms with Crippen LogP contribution in [0.3, 0.4) is 0 Å². The molecule has 62 valence electrons. The molecule has 0 aromatic rings. The van der Waals surface area contributed by atoms with Crippen LogP contribution in [0.15, 0.2) is 0 Å². The van der Waals surface area contributed by atoms with Crippen LogP contribution in [0.5, 0.6) is 0 Å². The van der Waals surface area contributed by atoms with E-state index in [0.717, 1.165) is 23.8 Å². The molecule has 0 radical (unpaired) electrons. The molecule has 2 aliphatic carbocycles. The summed E-state index contributed by atoms with van der Waals surface area (Å²) in [4.78, 5) is 0. The molecule has 3 fully saturated rings. The Morgan fingerprint density at radius 1 is 1.00 bits per heavy atom. The SMILES string of the molecule is C1CC2CC3NCCC3C2C1. The first kappa shape index (κ1) is 6.47. The van der Waals surface area contributed by atoms with Crippen LogP contribution in [0, 0.1) is 17.8 Å². The van der Waals surface area contributed by atoms with Gasteiger partial charge in [0.15, 0.2) is 0 Å². The number of hydrogen-bond acceptors (Lipinski definition) is 1. The van der Waals surface area contributed by atoms with Crippen molar-refractivity contribution in [2.75, 3.05) is 6.54 Å². The van der Waals surface area contributed by atoms with Crippen molar-refractivity contribution in [3.8, 4) is 0 Å². The lowest BCUT2D eigenvalue weighted by molar-refractivity contribution is 0.353. The van der Waals surface area contributed by atoms with Crippen molar-refractivity contribution >= 4 is 0 Å². The van der Waals surface area contributed by atoms with Crippen LogP contribution < -0.4 is 5.32 Å². The molecule has 4 atom stereocenters. The van der Waals surface area contributed by atoms with Gasteiger partial charge in [0, 0.05) is 6.04 Å². The summed E-state index contributed by atoms with van der Waals surface area (Å²) >= 11 is 0. The normalized spacial score (nSPS) is 54.5. The molecule has 1 aliphatic heterocycles. The van der Waals surface area contributed by atoms with Crippen molar-refractivity contribution in [1.29, 1.82) is 0 Å². The number of fused-ring (bicyclic) bond motifs is 3. The predicted molar refractivity (Wildman–Crippen MR) is 45.3 cm³/mol. The second kappa shape index (κ2) is 2.22. The van der Waals surface area contributed by atoms with Gasteiger partial charge in [-0.1, -0.05) is 12.8 Å². The Kier molecular flexibility index (Phi) is 1.31. The maximum Gasteiger partial charge on any atom is 0.0101 e. The van der Waals surface area contributed by atoms with Crippen LogP contribution in [-0.2, 0) is 0 Å². The van der Waals surface area contributed by atoms with Crippen LogP contribution in [-0.4, -0.2) is 12.6 Å². The fourth-order valence-corrected chi connectivity index (χ4v) is 3.81. The third-order valence-electron chi connectivity index (χ3n) is 4.23. The van der Waals surface area contributed by atoms with E-state index in [1.54, 1.807) is 12.8 Å². The Morgan fingerprint density at radius 3 is 3.00 bits per heavy atom. The monoisotopic (exact) mass is 151 g/mol. The van der Waals surface area contributed by atoms with Gasteiger partial charge in [0.1, 0.15) is 0 Å². The van der Waals surface area contributed by atoms with E-state index in [9.17, 15) is 0 Å². The lowest BCUT2D eigenvalue weighted by Gasteiger charge is -2.15. The minimum atomic E-state index is 0.935. The van der Waals surface area contributed by atoms with Crippen molar-refractivity contribution < 1.29 is 0 Å². The summed E-state index contributed by atoms with van der Waals surface area (Å²) < 4.78 is 0. The summed E-state index contributed by atoms with van der Waals surface area (Å²) in [7, 11) is 0. The van der Waals surface area contributed by atoms with Crippen molar-refractivity contribution in [3.63, 3.8) is 0 Å².